The first kappa shape index (κ1) is 40.8. The number of hydrogen-bond donors (Lipinski definition) is 5. The number of ether oxygens (including phenoxy) is 5. The number of carbonyl (C=O) groups excluding carboxylic acids is 5. The van der Waals surface area contributed by atoms with Gasteiger partial charge in [-0.3, -0.25) is 14.4 Å². The maximum absolute atomic E-state index is 12.3. The number of hydrogen-bond acceptors (Lipinski definition) is 11. The van der Waals surface area contributed by atoms with Crippen molar-refractivity contribution in [2.75, 3.05) is 78.2 Å². The van der Waals surface area contributed by atoms with Crippen molar-refractivity contribution in [1.29, 1.82) is 0 Å². The molecule has 0 aromatic heterocycles. The van der Waals surface area contributed by atoms with Crippen LogP contribution < -0.4 is 26.6 Å². The number of alkyl carbamates (subject to hydrolysis) is 1. The fourth-order valence-corrected chi connectivity index (χ4v) is 8.17. The monoisotopic (exact) mass is 769 g/mol. The summed E-state index contributed by atoms with van der Waals surface area (Å²) in [7, 11) is 0. The summed E-state index contributed by atoms with van der Waals surface area (Å²) in [5.74, 6) is 0.116. The molecule has 3 atom stereocenters. The van der Waals surface area contributed by atoms with Crippen molar-refractivity contribution in [3.63, 3.8) is 0 Å². The smallest absolute Gasteiger partial charge is 0.407 e. The molecule has 16 heteroatoms. The van der Waals surface area contributed by atoms with E-state index in [9.17, 15) is 24.0 Å². The highest BCUT2D eigenvalue weighted by Crippen LogP contribution is 2.44. The molecule has 0 bridgehead atoms. The lowest BCUT2D eigenvalue weighted by atomic mass is 9.98. The third kappa shape index (κ3) is 12.9. The Balaban J connectivity index is 0.757. The Morgan fingerprint density at radius 3 is 2.11 bits per heavy atom. The topological polar surface area (TPSA) is 192 Å². The number of unbranched alkanes of at least 4 members (excludes halogenated alkanes) is 1. The van der Waals surface area contributed by atoms with Crippen molar-refractivity contribution < 1.29 is 47.7 Å². The van der Waals surface area contributed by atoms with Gasteiger partial charge in [0.15, 0.2) is 0 Å². The molecular formula is C38H51N5O10S. The van der Waals surface area contributed by atoms with Gasteiger partial charge in [0.25, 0.3) is 0 Å². The Kier molecular flexibility index (Phi) is 16.7. The minimum atomic E-state index is -0.568. The summed E-state index contributed by atoms with van der Waals surface area (Å²) < 4.78 is 26.8. The van der Waals surface area contributed by atoms with E-state index in [2.05, 4.69) is 50.8 Å². The summed E-state index contributed by atoms with van der Waals surface area (Å²) in [6.07, 6.45) is 2.47. The molecule has 2 saturated heterocycles. The van der Waals surface area contributed by atoms with Crippen LogP contribution in [-0.4, -0.2) is 125 Å². The second-order valence-electron chi connectivity index (χ2n) is 13.1. The number of urea groups is 1. The largest absolute Gasteiger partial charge is 0.463 e. The second-order valence-corrected chi connectivity index (χ2v) is 14.3. The molecular weight excluding hydrogens is 719 g/mol. The lowest BCUT2D eigenvalue weighted by Crippen LogP contribution is -2.36. The standard InChI is InChI=1S/C38H51N5O10S/c44-33(13-14-41-38(48)53-23-30-28-9-3-1-7-26(28)27-8-2-4-10-29(27)30)39-15-17-49-19-20-51-24-34(45)40-16-18-50-21-22-52-35(46)12-6-5-11-32-36-31(25-54-32)42-37(47)43-36/h1-4,7-10,30-32,36H,5-6,11-25H2,(H,39,44)(H,40,45)(H,41,48)(H2,42,43,47)/t31-,32-,36-/m0/s1. The zero-order chi connectivity index (χ0) is 38.0. The number of carbonyl (C=O) groups is 5. The van der Waals surface area contributed by atoms with Gasteiger partial charge in [-0.25, -0.2) is 9.59 Å². The molecule has 1 aliphatic carbocycles. The average Bonchev–Trinajstić information content (AvgIpc) is 3.83. The summed E-state index contributed by atoms with van der Waals surface area (Å²) in [4.78, 5) is 59.7. The molecule has 3 aliphatic rings. The first-order chi connectivity index (χ1) is 26.4. The van der Waals surface area contributed by atoms with Crippen LogP contribution in [-0.2, 0) is 38.1 Å². The molecule has 294 valence electrons. The van der Waals surface area contributed by atoms with Crippen LogP contribution in [0.25, 0.3) is 11.1 Å². The van der Waals surface area contributed by atoms with Crippen LogP contribution in [0.15, 0.2) is 48.5 Å². The van der Waals surface area contributed by atoms with Crippen molar-refractivity contribution in [1.82, 2.24) is 26.6 Å². The van der Waals surface area contributed by atoms with Crippen LogP contribution >= 0.6 is 11.8 Å². The van der Waals surface area contributed by atoms with E-state index in [0.29, 0.717) is 24.8 Å². The lowest BCUT2D eigenvalue weighted by molar-refractivity contribution is -0.145. The van der Waals surface area contributed by atoms with Crippen molar-refractivity contribution in [2.24, 2.45) is 0 Å². The van der Waals surface area contributed by atoms with Gasteiger partial charge in [-0.2, -0.15) is 11.8 Å². The molecule has 2 aromatic rings. The van der Waals surface area contributed by atoms with Crippen LogP contribution in [0.4, 0.5) is 9.59 Å². The molecule has 5 rings (SSSR count). The van der Waals surface area contributed by atoms with Gasteiger partial charge in [0.1, 0.15) is 19.8 Å². The van der Waals surface area contributed by atoms with E-state index in [-0.39, 0.29) is 108 Å². The predicted molar refractivity (Wildman–Crippen MR) is 201 cm³/mol. The molecule has 2 aromatic carbocycles. The van der Waals surface area contributed by atoms with Crippen molar-refractivity contribution in [2.45, 2.75) is 55.4 Å². The molecule has 54 heavy (non-hydrogen) atoms. The summed E-state index contributed by atoms with van der Waals surface area (Å²) >= 11 is 1.86. The molecule has 2 heterocycles. The highest BCUT2D eigenvalue weighted by molar-refractivity contribution is 8.00. The van der Waals surface area contributed by atoms with Crippen molar-refractivity contribution in [3.8, 4) is 11.1 Å². The quantitative estimate of drug-likeness (QED) is 0.0599. The maximum atomic E-state index is 12.3. The summed E-state index contributed by atoms with van der Waals surface area (Å²) in [5.41, 5.74) is 4.58. The van der Waals surface area contributed by atoms with E-state index >= 15 is 0 Å². The van der Waals surface area contributed by atoms with Crippen molar-refractivity contribution in [3.05, 3.63) is 59.7 Å². The molecule has 2 fully saturated rings. The van der Waals surface area contributed by atoms with Gasteiger partial charge in [0.05, 0.1) is 45.1 Å². The van der Waals surface area contributed by atoms with Gasteiger partial charge < -0.3 is 50.3 Å². The van der Waals surface area contributed by atoms with E-state index in [1.54, 1.807) is 0 Å². The minimum Gasteiger partial charge on any atom is -0.463 e. The van der Waals surface area contributed by atoms with E-state index in [1.807, 2.05) is 36.0 Å². The third-order valence-corrected chi connectivity index (χ3v) is 10.8. The third-order valence-electron chi connectivity index (χ3n) is 9.26. The van der Waals surface area contributed by atoms with Crippen LogP contribution in [0.2, 0.25) is 0 Å². The number of amides is 5. The van der Waals surface area contributed by atoms with Crippen LogP contribution in [0.1, 0.15) is 49.1 Å². The maximum Gasteiger partial charge on any atom is 0.407 e. The normalized spacial score (nSPS) is 18.1. The number of rotatable bonds is 24. The van der Waals surface area contributed by atoms with Crippen LogP contribution in [0, 0.1) is 0 Å². The zero-order valence-corrected chi connectivity index (χ0v) is 31.3. The number of nitrogens with one attached hydrogen (secondary N) is 5. The fraction of sp³-hybridized carbons (Fsp3) is 0.553. The van der Waals surface area contributed by atoms with Gasteiger partial charge >= 0.3 is 18.1 Å². The molecule has 0 spiro atoms. The average molecular weight is 770 g/mol. The Morgan fingerprint density at radius 1 is 0.704 bits per heavy atom. The number of thioether (sulfide) groups is 1. The second kappa shape index (κ2) is 22.1. The molecule has 0 saturated carbocycles. The van der Waals surface area contributed by atoms with Gasteiger partial charge in [-0.1, -0.05) is 55.0 Å². The predicted octanol–water partition coefficient (Wildman–Crippen LogP) is 2.47. The van der Waals surface area contributed by atoms with Gasteiger partial charge in [-0.05, 0) is 35.1 Å². The summed E-state index contributed by atoms with van der Waals surface area (Å²) in [6, 6.07) is 16.5. The number of benzene rings is 2. The fourth-order valence-electron chi connectivity index (χ4n) is 6.62. The number of esters is 1. The Hall–Kier alpha value is -4.38. The van der Waals surface area contributed by atoms with Gasteiger partial charge in [0, 0.05) is 49.4 Å². The van der Waals surface area contributed by atoms with Crippen LogP contribution in [0.3, 0.4) is 0 Å². The van der Waals surface area contributed by atoms with Gasteiger partial charge in [0.2, 0.25) is 11.8 Å². The van der Waals surface area contributed by atoms with E-state index in [0.717, 1.165) is 47.3 Å². The summed E-state index contributed by atoms with van der Waals surface area (Å²) in [6.45, 7) is 2.23. The zero-order valence-electron chi connectivity index (χ0n) is 30.4. The SMILES string of the molecule is O=C(CCNC(=O)OCC1c2ccccc2-c2ccccc21)NCCOCCOCC(=O)NCCOCCOC(=O)CCCC[C@@H]1SC[C@@H]2NC(=O)N[C@@H]21. The van der Waals surface area contributed by atoms with Crippen LogP contribution in [0.5, 0.6) is 0 Å². The molecule has 5 N–H and O–H groups in total. The highest BCUT2D eigenvalue weighted by Gasteiger charge is 2.42. The first-order valence-corrected chi connectivity index (χ1v) is 19.6. The minimum absolute atomic E-state index is 0.0303. The number of fused-ring (bicyclic) bond motifs is 4. The van der Waals surface area contributed by atoms with Gasteiger partial charge in [-0.15, -0.1) is 0 Å². The van der Waals surface area contributed by atoms with E-state index < -0.39 is 6.09 Å². The van der Waals surface area contributed by atoms with E-state index in [1.165, 1.54) is 0 Å². The Labute approximate surface area is 319 Å². The highest BCUT2D eigenvalue weighted by atomic mass is 32.2. The molecule has 0 unspecified atom stereocenters. The molecule has 5 amide bonds. The summed E-state index contributed by atoms with van der Waals surface area (Å²) in [5, 5.41) is 14.3. The van der Waals surface area contributed by atoms with Crippen molar-refractivity contribution >= 4 is 41.7 Å². The molecule has 15 nitrogen and oxygen atoms in total. The first-order valence-electron chi connectivity index (χ1n) is 18.6. The molecule has 0 radical (unpaired) electrons. The lowest BCUT2D eigenvalue weighted by Gasteiger charge is -2.16. The molecule has 2 aliphatic heterocycles. The Morgan fingerprint density at radius 2 is 1.37 bits per heavy atom. The Bertz CT molecular complexity index is 1520. The van der Waals surface area contributed by atoms with E-state index in [4.69, 9.17) is 23.7 Å².